The summed E-state index contributed by atoms with van der Waals surface area (Å²) in [6.45, 7) is 6.04. The summed E-state index contributed by atoms with van der Waals surface area (Å²) in [6, 6.07) is 6.13. The van der Waals surface area contributed by atoms with Crippen LogP contribution in [0.15, 0.2) is 24.3 Å². The van der Waals surface area contributed by atoms with Crippen molar-refractivity contribution in [2.45, 2.75) is 38.5 Å². The van der Waals surface area contributed by atoms with Crippen molar-refractivity contribution in [3.8, 4) is 5.75 Å². The zero-order valence-corrected chi connectivity index (χ0v) is 20.3. The number of likely N-dealkylation sites (tertiary alicyclic amines) is 1. The van der Waals surface area contributed by atoms with E-state index < -0.39 is 11.8 Å². The molecule has 1 aromatic carbocycles. The molecular weight excluding hydrogens is 424 g/mol. The number of carbonyl (C=O) groups excluding carboxylic acids is 3. The predicted octanol–water partition coefficient (Wildman–Crippen LogP) is 1.19. The fraction of sp³-hybridized carbons (Fsp3) is 0.625. The Bertz CT molecular complexity index is 847. The van der Waals surface area contributed by atoms with Gasteiger partial charge in [0, 0.05) is 50.5 Å². The molecule has 33 heavy (non-hydrogen) atoms. The van der Waals surface area contributed by atoms with E-state index in [0.717, 1.165) is 0 Å². The summed E-state index contributed by atoms with van der Waals surface area (Å²) < 4.78 is 11.4. The van der Waals surface area contributed by atoms with Gasteiger partial charge in [0.05, 0.1) is 13.7 Å². The van der Waals surface area contributed by atoms with Gasteiger partial charge in [0.25, 0.3) is 5.91 Å². The van der Waals surface area contributed by atoms with E-state index in [-0.39, 0.29) is 30.2 Å². The van der Waals surface area contributed by atoms with Gasteiger partial charge in [-0.15, -0.1) is 0 Å². The molecule has 0 aliphatic carbocycles. The topological polar surface area (TPSA) is 91.4 Å². The van der Waals surface area contributed by atoms with Crippen molar-refractivity contribution >= 4 is 17.7 Å². The minimum Gasteiger partial charge on any atom is -0.497 e. The van der Waals surface area contributed by atoms with Gasteiger partial charge < -0.3 is 24.6 Å². The van der Waals surface area contributed by atoms with E-state index >= 15 is 0 Å². The maximum absolute atomic E-state index is 13.7. The van der Waals surface area contributed by atoms with Crippen LogP contribution in [0.1, 0.15) is 37.0 Å². The largest absolute Gasteiger partial charge is 0.497 e. The first-order chi connectivity index (χ1) is 15.7. The molecule has 1 unspecified atom stereocenters. The number of carbonyl (C=O) groups is 3. The fourth-order valence-electron chi connectivity index (χ4n) is 4.40. The number of rotatable bonds is 7. The zero-order chi connectivity index (χ0) is 24.2. The Hall–Kier alpha value is -2.65. The SMILES string of the molecule is COc1ccc(C(=O)N2C(C(=O)NCCN(C)C)COC23CCN(C(=O)C(C)C)CC3)cc1. The van der Waals surface area contributed by atoms with Crippen LogP contribution in [0.25, 0.3) is 0 Å². The van der Waals surface area contributed by atoms with Crippen LogP contribution >= 0.6 is 0 Å². The number of amides is 3. The van der Waals surface area contributed by atoms with Crippen LogP contribution in [0, 0.1) is 5.92 Å². The number of benzene rings is 1. The summed E-state index contributed by atoms with van der Waals surface area (Å²) >= 11 is 0. The van der Waals surface area contributed by atoms with Crippen molar-refractivity contribution in [2.24, 2.45) is 5.92 Å². The summed E-state index contributed by atoms with van der Waals surface area (Å²) in [6.07, 6.45) is 0.934. The molecule has 1 N–H and O–H groups in total. The maximum atomic E-state index is 13.7. The molecule has 3 rings (SSSR count). The number of ether oxygens (including phenoxy) is 2. The number of hydrogen-bond donors (Lipinski definition) is 1. The molecule has 0 radical (unpaired) electrons. The molecule has 2 saturated heterocycles. The smallest absolute Gasteiger partial charge is 0.256 e. The number of hydrogen-bond acceptors (Lipinski definition) is 6. The first-order valence-electron chi connectivity index (χ1n) is 11.5. The minimum absolute atomic E-state index is 0.0872. The number of piperidine rings is 1. The molecule has 2 heterocycles. The average molecular weight is 461 g/mol. The van der Waals surface area contributed by atoms with E-state index in [9.17, 15) is 14.4 Å². The van der Waals surface area contributed by atoms with Crippen molar-refractivity contribution in [1.29, 1.82) is 0 Å². The third-order valence-corrected chi connectivity index (χ3v) is 6.33. The quantitative estimate of drug-likeness (QED) is 0.657. The maximum Gasteiger partial charge on any atom is 0.256 e. The van der Waals surface area contributed by atoms with E-state index in [1.165, 1.54) is 0 Å². The highest BCUT2D eigenvalue weighted by molar-refractivity contribution is 5.98. The number of nitrogens with zero attached hydrogens (tertiary/aromatic N) is 3. The third-order valence-electron chi connectivity index (χ3n) is 6.33. The van der Waals surface area contributed by atoms with Crippen LogP contribution in [-0.2, 0) is 14.3 Å². The highest BCUT2D eigenvalue weighted by Gasteiger charge is 2.54. The summed E-state index contributed by atoms with van der Waals surface area (Å²) in [7, 11) is 5.44. The van der Waals surface area contributed by atoms with Gasteiger partial charge in [0.2, 0.25) is 11.8 Å². The van der Waals surface area contributed by atoms with Crippen molar-refractivity contribution in [3.63, 3.8) is 0 Å². The van der Waals surface area contributed by atoms with E-state index in [1.54, 1.807) is 36.3 Å². The molecule has 1 atom stereocenters. The van der Waals surface area contributed by atoms with Crippen LogP contribution in [-0.4, -0.2) is 98.2 Å². The Morgan fingerprint density at radius 3 is 2.36 bits per heavy atom. The molecule has 2 aliphatic rings. The molecule has 2 fully saturated rings. The van der Waals surface area contributed by atoms with Crippen molar-refractivity contribution in [3.05, 3.63) is 29.8 Å². The Kier molecular flexibility index (Phi) is 7.97. The molecular formula is C24H36N4O5. The summed E-state index contributed by atoms with van der Waals surface area (Å²) in [5.41, 5.74) is -0.443. The van der Waals surface area contributed by atoms with Crippen LogP contribution in [0.3, 0.4) is 0 Å². The van der Waals surface area contributed by atoms with Gasteiger partial charge in [-0.3, -0.25) is 19.3 Å². The van der Waals surface area contributed by atoms with Gasteiger partial charge in [-0.2, -0.15) is 0 Å². The van der Waals surface area contributed by atoms with Gasteiger partial charge in [0.15, 0.2) is 0 Å². The fourth-order valence-corrected chi connectivity index (χ4v) is 4.40. The van der Waals surface area contributed by atoms with Gasteiger partial charge >= 0.3 is 0 Å². The summed E-state index contributed by atoms with van der Waals surface area (Å²) in [5, 5.41) is 2.94. The molecule has 0 saturated carbocycles. The van der Waals surface area contributed by atoms with Crippen molar-refractivity contribution < 1.29 is 23.9 Å². The third kappa shape index (κ3) is 5.47. The molecule has 1 spiro atoms. The molecule has 0 bridgehead atoms. The molecule has 0 aromatic heterocycles. The summed E-state index contributed by atoms with van der Waals surface area (Å²) in [5.74, 6) is 0.171. The van der Waals surface area contributed by atoms with Gasteiger partial charge in [-0.25, -0.2) is 0 Å². The monoisotopic (exact) mass is 460 g/mol. The molecule has 1 aromatic rings. The first-order valence-corrected chi connectivity index (χ1v) is 11.5. The van der Waals surface area contributed by atoms with Gasteiger partial charge in [-0.05, 0) is 38.4 Å². The van der Waals surface area contributed by atoms with E-state index in [4.69, 9.17) is 9.47 Å². The van der Waals surface area contributed by atoms with E-state index in [0.29, 0.717) is 50.3 Å². The lowest BCUT2D eigenvalue weighted by Gasteiger charge is -2.44. The average Bonchev–Trinajstić information content (AvgIpc) is 3.16. The molecule has 3 amide bonds. The second-order valence-electron chi connectivity index (χ2n) is 9.25. The molecule has 9 heteroatoms. The lowest BCUT2D eigenvalue weighted by Crippen LogP contribution is -2.60. The molecule has 2 aliphatic heterocycles. The Balaban J connectivity index is 1.83. The second kappa shape index (κ2) is 10.5. The Morgan fingerprint density at radius 1 is 1.18 bits per heavy atom. The number of nitrogens with one attached hydrogen (secondary N) is 1. The normalized spacial score (nSPS) is 19.9. The highest BCUT2D eigenvalue weighted by atomic mass is 16.5. The lowest BCUT2D eigenvalue weighted by molar-refractivity contribution is -0.146. The van der Waals surface area contributed by atoms with Gasteiger partial charge in [-0.1, -0.05) is 13.8 Å². The van der Waals surface area contributed by atoms with E-state index in [1.807, 2.05) is 37.7 Å². The zero-order valence-electron chi connectivity index (χ0n) is 20.3. The number of methoxy groups -OCH3 is 1. The molecule has 9 nitrogen and oxygen atoms in total. The van der Waals surface area contributed by atoms with Crippen LogP contribution in [0.5, 0.6) is 5.75 Å². The minimum atomic E-state index is -0.908. The second-order valence-corrected chi connectivity index (χ2v) is 9.25. The van der Waals surface area contributed by atoms with E-state index in [2.05, 4.69) is 5.32 Å². The van der Waals surface area contributed by atoms with Crippen LogP contribution in [0.4, 0.5) is 0 Å². The number of likely N-dealkylation sites (N-methyl/N-ethyl adjacent to an activating group) is 1. The highest BCUT2D eigenvalue weighted by Crippen LogP contribution is 2.39. The lowest BCUT2D eigenvalue weighted by atomic mass is 9.95. The first kappa shape index (κ1) is 25.0. The van der Waals surface area contributed by atoms with Crippen LogP contribution in [0.2, 0.25) is 0 Å². The Morgan fingerprint density at radius 2 is 1.82 bits per heavy atom. The Labute approximate surface area is 196 Å². The van der Waals surface area contributed by atoms with Crippen molar-refractivity contribution in [1.82, 2.24) is 20.0 Å². The van der Waals surface area contributed by atoms with Crippen molar-refractivity contribution in [2.75, 3.05) is 54.0 Å². The predicted molar refractivity (Wildman–Crippen MR) is 124 cm³/mol. The molecule has 182 valence electrons. The standard InChI is InChI=1S/C24H36N4O5/c1-17(2)22(30)27-13-10-24(11-14-27)28(23(31)18-6-8-19(32-5)9-7-18)20(16-33-24)21(29)25-12-15-26(3)4/h6-9,17,20H,10-16H2,1-5H3,(H,25,29). The van der Waals surface area contributed by atoms with Gasteiger partial charge in [0.1, 0.15) is 17.5 Å². The van der Waals surface area contributed by atoms with Crippen LogP contribution < -0.4 is 10.1 Å². The summed E-state index contributed by atoms with van der Waals surface area (Å²) in [4.78, 5) is 44.6.